The summed E-state index contributed by atoms with van der Waals surface area (Å²) in [5.41, 5.74) is 0. The first-order valence-electron chi connectivity index (χ1n) is 5.52. The van der Waals surface area contributed by atoms with E-state index in [1.807, 2.05) is 0 Å². The molecule has 1 rings (SSSR count). The van der Waals surface area contributed by atoms with Gasteiger partial charge in [0.05, 0.1) is 5.25 Å². The average molecular weight is 336 g/mol. The Morgan fingerprint density at radius 1 is 0.952 bits per heavy atom. The van der Waals surface area contributed by atoms with Crippen LogP contribution in [0.5, 0.6) is 5.75 Å². The fourth-order valence-corrected chi connectivity index (χ4v) is 2.57. The second-order valence-corrected chi connectivity index (χ2v) is 6.65. The van der Waals surface area contributed by atoms with Crippen LogP contribution in [0.25, 0.3) is 0 Å². The summed E-state index contributed by atoms with van der Waals surface area (Å²) in [4.78, 5) is -1.62. The van der Waals surface area contributed by atoms with Crippen LogP contribution in [0.1, 0.15) is 13.8 Å². The lowest BCUT2D eigenvalue weighted by atomic mass is 10.3. The van der Waals surface area contributed by atoms with Crippen molar-refractivity contribution in [2.24, 2.45) is 0 Å². The van der Waals surface area contributed by atoms with Gasteiger partial charge in [0.25, 0.3) is 6.43 Å². The lowest BCUT2D eigenvalue weighted by molar-refractivity contribution is 0.0770. The van der Waals surface area contributed by atoms with Crippen molar-refractivity contribution in [2.75, 3.05) is 6.61 Å². The van der Waals surface area contributed by atoms with E-state index in [4.69, 9.17) is 0 Å². The lowest BCUT2D eigenvalue weighted by Crippen LogP contribution is -2.21. The molecule has 0 saturated carbocycles. The van der Waals surface area contributed by atoms with Crippen molar-refractivity contribution in [1.82, 2.24) is 0 Å². The molecule has 1 aromatic carbocycles. The second kappa shape index (κ2) is 6.12. The van der Waals surface area contributed by atoms with Crippen LogP contribution in [-0.2, 0) is 9.84 Å². The summed E-state index contributed by atoms with van der Waals surface area (Å²) in [6, 6.07) is 0. The molecule has 0 radical (unpaired) electrons. The van der Waals surface area contributed by atoms with Crippen molar-refractivity contribution in [3.05, 3.63) is 23.3 Å². The van der Waals surface area contributed by atoms with Crippen molar-refractivity contribution in [3.8, 4) is 5.75 Å². The molecule has 0 unspecified atom stereocenters. The predicted molar refractivity (Wildman–Crippen MR) is 60.1 cm³/mol. The summed E-state index contributed by atoms with van der Waals surface area (Å²) in [6.45, 7) is 0.609. The van der Waals surface area contributed by atoms with E-state index in [2.05, 4.69) is 4.74 Å². The summed E-state index contributed by atoms with van der Waals surface area (Å²) in [5.74, 6) is -10.7. The van der Waals surface area contributed by atoms with E-state index in [1.165, 1.54) is 0 Å². The number of alkyl halides is 2. The molecule has 1 aromatic rings. The molecule has 0 N–H and O–H groups in total. The quantitative estimate of drug-likeness (QED) is 0.359. The van der Waals surface area contributed by atoms with E-state index in [1.54, 1.807) is 0 Å². The van der Waals surface area contributed by atoms with Crippen LogP contribution in [0.4, 0.5) is 26.3 Å². The topological polar surface area (TPSA) is 43.4 Å². The Morgan fingerprint density at radius 3 is 1.86 bits per heavy atom. The number of sulfone groups is 1. The van der Waals surface area contributed by atoms with Crippen LogP contribution in [0.3, 0.4) is 0 Å². The Bertz CT molecular complexity index is 642. The van der Waals surface area contributed by atoms with Gasteiger partial charge in [-0.1, -0.05) is 0 Å². The minimum absolute atomic E-state index is 1.06. The van der Waals surface area contributed by atoms with Crippen LogP contribution in [-0.4, -0.2) is 26.7 Å². The van der Waals surface area contributed by atoms with Gasteiger partial charge in [-0.2, -0.15) is 4.39 Å². The highest BCUT2D eigenvalue weighted by Crippen LogP contribution is 2.36. The molecule has 0 bridgehead atoms. The second-order valence-electron chi connectivity index (χ2n) is 4.21. The maximum atomic E-state index is 13.7. The Labute approximate surface area is 116 Å². The van der Waals surface area contributed by atoms with Gasteiger partial charge in [0, 0.05) is 0 Å². The van der Waals surface area contributed by atoms with Crippen molar-refractivity contribution >= 4 is 9.84 Å². The largest absolute Gasteiger partial charge is 0.483 e. The first-order valence-corrected chi connectivity index (χ1v) is 7.07. The molecule has 3 nitrogen and oxygen atoms in total. The molecule has 10 heteroatoms. The summed E-state index contributed by atoms with van der Waals surface area (Å²) in [7, 11) is -4.64. The molecule has 0 aromatic heterocycles. The van der Waals surface area contributed by atoms with Crippen molar-refractivity contribution < 1.29 is 39.5 Å². The number of rotatable bonds is 5. The summed E-state index contributed by atoms with van der Waals surface area (Å²) in [5, 5.41) is -1.34. The molecule has 21 heavy (non-hydrogen) atoms. The molecular weight excluding hydrogens is 326 g/mol. The number of benzene rings is 1. The van der Waals surface area contributed by atoms with E-state index in [0.29, 0.717) is 0 Å². The first kappa shape index (κ1) is 17.6. The van der Waals surface area contributed by atoms with E-state index >= 15 is 0 Å². The fourth-order valence-electron chi connectivity index (χ4n) is 1.36. The van der Waals surface area contributed by atoms with Crippen molar-refractivity contribution in [3.63, 3.8) is 0 Å². The minimum atomic E-state index is -4.64. The molecule has 120 valence electrons. The number of hydrogen-bond donors (Lipinski definition) is 0. The van der Waals surface area contributed by atoms with Gasteiger partial charge < -0.3 is 4.74 Å². The highest BCUT2D eigenvalue weighted by Gasteiger charge is 2.36. The zero-order valence-electron chi connectivity index (χ0n) is 10.8. The third kappa shape index (κ3) is 3.25. The minimum Gasteiger partial charge on any atom is -0.483 e. The molecule has 0 fully saturated rings. The van der Waals surface area contributed by atoms with E-state index in [9.17, 15) is 34.8 Å². The molecule has 0 aliphatic heterocycles. The maximum Gasteiger partial charge on any atom is 0.272 e. The molecule has 0 heterocycles. The number of hydrogen-bond acceptors (Lipinski definition) is 3. The Morgan fingerprint density at radius 2 is 1.43 bits per heavy atom. The maximum absolute atomic E-state index is 13.7. The smallest absolute Gasteiger partial charge is 0.272 e. The van der Waals surface area contributed by atoms with Crippen molar-refractivity contribution in [1.29, 1.82) is 0 Å². The van der Waals surface area contributed by atoms with Gasteiger partial charge in [0.15, 0.2) is 32.1 Å². The monoisotopic (exact) mass is 336 g/mol. The van der Waals surface area contributed by atoms with Gasteiger partial charge in [-0.3, -0.25) is 0 Å². The van der Waals surface area contributed by atoms with Gasteiger partial charge in [-0.25, -0.2) is 30.4 Å². The SMILES string of the molecule is CC(C)S(=O)(=O)c1c(F)c(F)c(F)c(F)c1OCC(F)F. The zero-order valence-corrected chi connectivity index (χ0v) is 11.6. The highest BCUT2D eigenvalue weighted by molar-refractivity contribution is 7.92. The number of halogens is 6. The third-order valence-corrected chi connectivity index (χ3v) is 4.62. The van der Waals surface area contributed by atoms with Gasteiger partial charge >= 0.3 is 0 Å². The van der Waals surface area contributed by atoms with Gasteiger partial charge in [-0.15, -0.1) is 0 Å². The molecule has 0 spiro atoms. The fraction of sp³-hybridized carbons (Fsp3) is 0.455. The molecule has 0 aliphatic carbocycles. The third-order valence-electron chi connectivity index (χ3n) is 2.44. The Kier molecular flexibility index (Phi) is 5.13. The van der Waals surface area contributed by atoms with Gasteiger partial charge in [0.1, 0.15) is 6.61 Å². The highest BCUT2D eigenvalue weighted by atomic mass is 32.2. The average Bonchev–Trinajstić information content (AvgIpc) is 2.38. The van der Waals surface area contributed by atoms with E-state index in [0.717, 1.165) is 13.8 Å². The normalized spacial score (nSPS) is 12.3. The zero-order chi connectivity index (χ0) is 16.5. The predicted octanol–water partition coefficient (Wildman–Crippen LogP) is 3.07. The molecule has 0 aliphatic rings. The van der Waals surface area contributed by atoms with Gasteiger partial charge in [-0.05, 0) is 13.8 Å². The van der Waals surface area contributed by atoms with Crippen LogP contribution in [0.2, 0.25) is 0 Å². The van der Waals surface area contributed by atoms with Crippen LogP contribution in [0, 0.1) is 23.3 Å². The molecule has 0 saturated heterocycles. The van der Waals surface area contributed by atoms with E-state index in [-0.39, 0.29) is 0 Å². The summed E-state index contributed by atoms with van der Waals surface area (Å²) >= 11 is 0. The standard InChI is InChI=1S/C11H10F6O3S/c1-4(2)21(18,19)11-9(17)7(15)6(14)8(16)10(11)20-3-5(12)13/h4-5H,3H2,1-2H3. The molecule has 0 atom stereocenters. The Hall–Kier alpha value is -1.45. The molecule has 0 amide bonds. The summed E-state index contributed by atoms with van der Waals surface area (Å²) in [6.07, 6.45) is -3.16. The van der Waals surface area contributed by atoms with Gasteiger partial charge in [0.2, 0.25) is 11.6 Å². The Balaban J connectivity index is 3.67. The number of ether oxygens (including phenoxy) is 1. The summed E-state index contributed by atoms with van der Waals surface area (Å²) < 4.78 is 105. The van der Waals surface area contributed by atoms with E-state index < -0.39 is 62.0 Å². The van der Waals surface area contributed by atoms with Crippen LogP contribution in [0.15, 0.2) is 4.90 Å². The first-order chi connectivity index (χ1) is 9.51. The van der Waals surface area contributed by atoms with Crippen LogP contribution < -0.4 is 4.74 Å². The lowest BCUT2D eigenvalue weighted by Gasteiger charge is -2.16. The van der Waals surface area contributed by atoms with Crippen LogP contribution >= 0.6 is 0 Å². The molecular formula is C11H10F6O3S. The van der Waals surface area contributed by atoms with Crippen molar-refractivity contribution in [2.45, 2.75) is 30.4 Å².